The second-order valence-corrected chi connectivity index (χ2v) is 13.1. The van der Waals surface area contributed by atoms with Crippen LogP contribution in [0.4, 0.5) is 5.69 Å². The van der Waals surface area contributed by atoms with Crippen molar-refractivity contribution in [1.82, 2.24) is 14.9 Å². The summed E-state index contributed by atoms with van der Waals surface area (Å²) in [7, 11) is 13.0. The summed E-state index contributed by atoms with van der Waals surface area (Å²) < 4.78 is 44.9. The maximum absolute atomic E-state index is 5.70. The molecule has 0 radical (unpaired) electrons. The predicted octanol–water partition coefficient (Wildman–Crippen LogP) is 8.82. The summed E-state index contributed by atoms with van der Waals surface area (Å²) in [5, 5.41) is 0. The second-order valence-electron chi connectivity index (χ2n) is 13.1. The Morgan fingerprint density at radius 3 is 1.38 bits per heavy atom. The number of pyridine rings is 2. The van der Waals surface area contributed by atoms with E-state index in [0.29, 0.717) is 41.0 Å². The van der Waals surface area contributed by atoms with Gasteiger partial charge in [0.2, 0.25) is 11.5 Å². The molecular formula is C43H53Cl3N4O8. The summed E-state index contributed by atoms with van der Waals surface area (Å²) in [6.45, 7) is 3.32. The molecule has 1 saturated heterocycles. The van der Waals surface area contributed by atoms with Crippen molar-refractivity contribution in [3.63, 3.8) is 0 Å². The number of likely N-dealkylation sites (tertiary alicyclic amines) is 1. The Kier molecular flexibility index (Phi) is 18.1. The number of hydrogen-bond acceptors (Lipinski definition) is 12. The number of piperidine rings is 1. The third-order valence-electron chi connectivity index (χ3n) is 9.99. The van der Waals surface area contributed by atoms with Crippen molar-refractivity contribution in [3.05, 3.63) is 90.3 Å². The Balaban J connectivity index is 0.00000300. The van der Waals surface area contributed by atoms with Crippen molar-refractivity contribution in [2.75, 3.05) is 74.9 Å². The van der Waals surface area contributed by atoms with Crippen molar-refractivity contribution in [2.24, 2.45) is 0 Å². The van der Waals surface area contributed by atoms with Gasteiger partial charge >= 0.3 is 0 Å². The van der Waals surface area contributed by atoms with E-state index in [0.717, 1.165) is 77.7 Å². The van der Waals surface area contributed by atoms with Gasteiger partial charge < -0.3 is 42.8 Å². The molecule has 0 saturated carbocycles. The molecule has 0 aliphatic carbocycles. The van der Waals surface area contributed by atoms with Gasteiger partial charge in [-0.15, -0.1) is 37.2 Å². The molecule has 3 heterocycles. The molecule has 314 valence electrons. The number of anilines is 1. The Bertz CT molecular complexity index is 2010. The summed E-state index contributed by atoms with van der Waals surface area (Å²) in [5.74, 6) is 4.90. The molecular weight excluding hydrogens is 807 g/mol. The smallest absolute Gasteiger partial charge is 0.203 e. The maximum Gasteiger partial charge on any atom is 0.203 e. The zero-order valence-electron chi connectivity index (χ0n) is 34.1. The van der Waals surface area contributed by atoms with Crippen molar-refractivity contribution in [2.45, 2.75) is 32.0 Å². The van der Waals surface area contributed by atoms with Crippen LogP contribution in [-0.4, -0.2) is 90.9 Å². The van der Waals surface area contributed by atoms with Crippen LogP contribution in [0.2, 0.25) is 0 Å². The molecule has 0 amide bonds. The van der Waals surface area contributed by atoms with Gasteiger partial charge in [0.15, 0.2) is 23.0 Å². The highest BCUT2D eigenvalue weighted by Gasteiger charge is 2.27. The lowest BCUT2D eigenvalue weighted by Crippen LogP contribution is -2.44. The number of methoxy groups -OCH3 is 8. The Labute approximate surface area is 359 Å². The molecule has 6 rings (SSSR count). The zero-order chi connectivity index (χ0) is 38.9. The van der Waals surface area contributed by atoms with Crippen LogP contribution >= 0.6 is 37.2 Å². The van der Waals surface area contributed by atoms with Crippen LogP contribution < -0.4 is 42.8 Å². The molecule has 5 aromatic rings. The SMILES string of the molecule is COc1cc(OC)cc(N(Cc2ccnc(-c3cc(OC)c(OC)c(OC)c3)c2)C2CCN(Cc3ccnc(-c4cc(OC)c(OC)c(OC)c4)c3)CC2)c1.Cl.Cl.Cl. The first-order valence-electron chi connectivity index (χ1n) is 18.1. The highest BCUT2D eigenvalue weighted by molar-refractivity contribution is 5.86. The van der Waals surface area contributed by atoms with Gasteiger partial charge in [-0.2, -0.15) is 0 Å². The molecule has 12 nitrogen and oxygen atoms in total. The average Bonchev–Trinajstić information content (AvgIpc) is 3.24. The van der Waals surface area contributed by atoms with E-state index in [2.05, 4.69) is 51.2 Å². The van der Waals surface area contributed by atoms with Crippen LogP contribution in [0.1, 0.15) is 24.0 Å². The van der Waals surface area contributed by atoms with Crippen molar-refractivity contribution in [1.29, 1.82) is 0 Å². The third kappa shape index (κ3) is 10.7. The molecule has 1 aliphatic rings. The van der Waals surface area contributed by atoms with Crippen molar-refractivity contribution < 1.29 is 37.9 Å². The monoisotopic (exact) mass is 858 g/mol. The Morgan fingerprint density at radius 1 is 0.534 bits per heavy atom. The summed E-state index contributed by atoms with van der Waals surface area (Å²) in [5.41, 5.74) is 6.73. The fraction of sp³-hybridized carbons (Fsp3) is 0.349. The highest BCUT2D eigenvalue weighted by atomic mass is 35.5. The molecule has 0 N–H and O–H groups in total. The largest absolute Gasteiger partial charge is 0.497 e. The lowest BCUT2D eigenvalue weighted by atomic mass is 9.99. The van der Waals surface area contributed by atoms with Gasteiger partial charge in [0, 0.05) is 79.6 Å². The van der Waals surface area contributed by atoms with Gasteiger partial charge in [-0.05, 0) is 72.5 Å². The summed E-state index contributed by atoms with van der Waals surface area (Å²) in [4.78, 5) is 14.4. The van der Waals surface area contributed by atoms with Crippen LogP contribution in [0.5, 0.6) is 46.0 Å². The summed E-state index contributed by atoms with van der Waals surface area (Å²) >= 11 is 0. The molecule has 2 aromatic heterocycles. The van der Waals surface area contributed by atoms with Gasteiger partial charge in [-0.25, -0.2) is 0 Å². The van der Waals surface area contributed by atoms with E-state index < -0.39 is 0 Å². The molecule has 58 heavy (non-hydrogen) atoms. The normalized spacial score (nSPS) is 12.5. The predicted molar refractivity (Wildman–Crippen MR) is 234 cm³/mol. The van der Waals surface area contributed by atoms with Crippen LogP contribution in [0.15, 0.2) is 79.1 Å². The maximum atomic E-state index is 5.70. The Hall–Kier alpha value is -5.01. The number of aromatic nitrogens is 2. The minimum atomic E-state index is 0. The van der Waals surface area contributed by atoms with Crippen LogP contribution in [-0.2, 0) is 13.1 Å². The number of halogens is 3. The topological polar surface area (TPSA) is 106 Å². The zero-order valence-corrected chi connectivity index (χ0v) is 36.6. The number of hydrogen-bond donors (Lipinski definition) is 0. The van der Waals surface area contributed by atoms with E-state index >= 15 is 0 Å². The minimum Gasteiger partial charge on any atom is -0.497 e. The molecule has 0 spiro atoms. The fourth-order valence-corrected chi connectivity index (χ4v) is 7.15. The van der Waals surface area contributed by atoms with Crippen molar-refractivity contribution >= 4 is 42.9 Å². The molecule has 0 unspecified atom stereocenters. The fourth-order valence-electron chi connectivity index (χ4n) is 7.15. The van der Waals surface area contributed by atoms with Gasteiger partial charge in [-0.3, -0.25) is 14.9 Å². The number of ether oxygens (including phenoxy) is 8. The first-order chi connectivity index (χ1) is 26.8. The lowest BCUT2D eigenvalue weighted by molar-refractivity contribution is 0.201. The number of nitrogens with zero attached hydrogens (tertiary/aromatic N) is 4. The average molecular weight is 860 g/mol. The van der Waals surface area contributed by atoms with E-state index in [1.807, 2.05) is 42.7 Å². The van der Waals surface area contributed by atoms with Gasteiger partial charge in [-0.1, -0.05) is 0 Å². The van der Waals surface area contributed by atoms with Crippen LogP contribution in [0.3, 0.4) is 0 Å². The first-order valence-corrected chi connectivity index (χ1v) is 18.1. The van der Waals surface area contributed by atoms with E-state index in [-0.39, 0.29) is 43.3 Å². The summed E-state index contributed by atoms with van der Waals surface area (Å²) in [6.07, 6.45) is 5.64. The quantitative estimate of drug-likeness (QED) is 0.0947. The van der Waals surface area contributed by atoms with E-state index in [1.54, 1.807) is 56.9 Å². The summed E-state index contributed by atoms with van der Waals surface area (Å²) in [6, 6.07) is 22.4. The lowest BCUT2D eigenvalue weighted by Gasteiger charge is -2.40. The molecule has 0 atom stereocenters. The molecule has 15 heteroatoms. The number of rotatable bonds is 16. The minimum absolute atomic E-state index is 0. The molecule has 1 fully saturated rings. The van der Waals surface area contributed by atoms with E-state index in [9.17, 15) is 0 Å². The first kappa shape index (κ1) is 47.4. The number of benzene rings is 3. The van der Waals surface area contributed by atoms with Gasteiger partial charge in [0.25, 0.3) is 0 Å². The standard InChI is InChI=1S/C43H50N4O8.3ClH/c1-48-34-23-33(24-35(25-34)49-2)47(27-29-10-14-45-37(18-29)31-21-40(52-5)43(55-8)41(22-31)53-6)32-11-15-46(16-12-32)26-28-9-13-44-36(17-28)30-19-38(50-3)42(54-7)39(20-30)51-4;;;/h9-10,13-14,17-25,32H,11-12,15-16,26-27H2,1-8H3;3*1H. The van der Waals surface area contributed by atoms with E-state index in [4.69, 9.17) is 42.9 Å². The second kappa shape index (κ2) is 22.2. The third-order valence-corrected chi connectivity index (χ3v) is 9.99. The molecule has 1 aliphatic heterocycles. The van der Waals surface area contributed by atoms with Gasteiger partial charge in [0.1, 0.15) is 11.5 Å². The van der Waals surface area contributed by atoms with E-state index in [1.165, 1.54) is 5.56 Å². The van der Waals surface area contributed by atoms with Gasteiger partial charge in [0.05, 0.1) is 68.3 Å². The molecule has 0 bridgehead atoms. The van der Waals surface area contributed by atoms with Crippen LogP contribution in [0, 0.1) is 0 Å². The highest BCUT2D eigenvalue weighted by Crippen LogP contribution is 2.42. The van der Waals surface area contributed by atoms with Crippen molar-refractivity contribution in [3.8, 4) is 68.5 Å². The van der Waals surface area contributed by atoms with Crippen LogP contribution in [0.25, 0.3) is 22.5 Å². The Morgan fingerprint density at radius 2 is 0.966 bits per heavy atom. The molecule has 3 aromatic carbocycles.